The fraction of sp³-hybridized carbons (Fsp3) is 0.200. The largest absolute Gasteiger partial charge is 0.550 e. The summed E-state index contributed by atoms with van der Waals surface area (Å²) in [5.41, 5.74) is 1.91. The molecule has 0 radical (unpaired) electrons. The van der Waals surface area contributed by atoms with Crippen LogP contribution in [0.15, 0.2) is 24.3 Å². The predicted molar refractivity (Wildman–Crippen MR) is 52.5 cm³/mol. The molecule has 0 atom stereocenters. The molecule has 0 aliphatic heterocycles. The first-order valence-electron chi connectivity index (χ1n) is 3.89. The van der Waals surface area contributed by atoms with Crippen LogP contribution in [0.25, 0.3) is 0 Å². The molecule has 0 unspecified atom stereocenters. The number of benzene rings is 1. The van der Waals surface area contributed by atoms with Gasteiger partial charge in [0.2, 0.25) is 0 Å². The molecule has 0 saturated heterocycles. The lowest BCUT2D eigenvalue weighted by Crippen LogP contribution is -2.24. The zero-order chi connectivity index (χ0) is 9.84. The molecule has 0 saturated carbocycles. The summed E-state index contributed by atoms with van der Waals surface area (Å²) in [5.74, 6) is -1.13. The third kappa shape index (κ3) is 2.95. The highest BCUT2D eigenvalue weighted by Crippen LogP contribution is 2.06. The van der Waals surface area contributed by atoms with Crippen LogP contribution in [0.2, 0.25) is 0 Å². The lowest BCUT2D eigenvalue weighted by atomic mass is 10.1. The van der Waals surface area contributed by atoms with Crippen LogP contribution < -0.4 is 5.11 Å². The number of thiocarbonyl (C=S) groups is 1. The summed E-state index contributed by atoms with van der Waals surface area (Å²) >= 11 is 4.92. The number of rotatable bonds is 3. The van der Waals surface area contributed by atoms with E-state index in [0.29, 0.717) is 4.86 Å². The van der Waals surface area contributed by atoms with Crippen molar-refractivity contribution in [3.8, 4) is 0 Å². The van der Waals surface area contributed by atoms with Crippen molar-refractivity contribution in [3.63, 3.8) is 0 Å². The van der Waals surface area contributed by atoms with Crippen molar-refractivity contribution in [2.24, 2.45) is 0 Å². The zero-order valence-electron chi connectivity index (χ0n) is 7.24. The van der Waals surface area contributed by atoms with Crippen LogP contribution in [0, 0.1) is 6.92 Å². The molecule has 1 aromatic rings. The average Bonchev–Trinajstić information content (AvgIpc) is 2.04. The fourth-order valence-electron chi connectivity index (χ4n) is 0.973. The third-order valence-corrected chi connectivity index (χ3v) is 2.06. The first kappa shape index (κ1) is 9.86. The van der Waals surface area contributed by atoms with Gasteiger partial charge in [-0.2, -0.15) is 0 Å². The van der Waals surface area contributed by atoms with Gasteiger partial charge in [0.1, 0.15) is 0 Å². The molecule has 0 spiro atoms. The summed E-state index contributed by atoms with van der Waals surface area (Å²) in [6, 6.07) is 7.44. The van der Waals surface area contributed by atoms with Gasteiger partial charge in [0.15, 0.2) is 0 Å². The topological polar surface area (TPSA) is 40.1 Å². The minimum Gasteiger partial charge on any atom is -0.550 e. The standard InChI is InChI=1S/C10H10O2S/c1-7-2-4-8(5-3-7)9(13)6-10(11)12/h2-5H,6H2,1H3,(H,11,12)/p-1. The lowest BCUT2D eigenvalue weighted by molar-refractivity contribution is -0.303. The predicted octanol–water partition coefficient (Wildman–Crippen LogP) is 0.853. The number of hydrogen-bond donors (Lipinski definition) is 0. The molecule has 3 heteroatoms. The summed E-state index contributed by atoms with van der Waals surface area (Å²) < 4.78 is 0. The SMILES string of the molecule is Cc1ccc(C(=S)CC(=O)[O-])cc1. The van der Waals surface area contributed by atoms with Crippen LogP contribution >= 0.6 is 12.2 Å². The van der Waals surface area contributed by atoms with Crippen molar-refractivity contribution < 1.29 is 9.90 Å². The molecule has 0 aromatic heterocycles. The minimum atomic E-state index is -1.13. The van der Waals surface area contributed by atoms with Gasteiger partial charge in [0, 0.05) is 17.3 Å². The van der Waals surface area contributed by atoms with E-state index >= 15 is 0 Å². The summed E-state index contributed by atoms with van der Waals surface area (Å²) in [6.07, 6.45) is -0.182. The molecule has 0 fully saturated rings. The Balaban J connectivity index is 2.78. The van der Waals surface area contributed by atoms with Crippen molar-refractivity contribution in [1.82, 2.24) is 0 Å². The molecular formula is C10H9O2S-. The summed E-state index contributed by atoms with van der Waals surface area (Å²) in [5, 5.41) is 10.3. The molecule has 68 valence electrons. The molecule has 2 nitrogen and oxygen atoms in total. The maximum atomic E-state index is 10.3. The van der Waals surface area contributed by atoms with Gasteiger partial charge in [0.25, 0.3) is 0 Å². The Morgan fingerprint density at radius 3 is 2.38 bits per heavy atom. The number of aliphatic carboxylic acids is 1. The molecular weight excluding hydrogens is 184 g/mol. The van der Waals surface area contributed by atoms with Gasteiger partial charge in [-0.1, -0.05) is 42.0 Å². The molecule has 13 heavy (non-hydrogen) atoms. The second-order valence-electron chi connectivity index (χ2n) is 2.84. The molecule has 1 rings (SSSR count). The number of carboxylic acids is 1. The first-order valence-corrected chi connectivity index (χ1v) is 4.30. The van der Waals surface area contributed by atoms with Gasteiger partial charge in [0.05, 0.1) is 0 Å². The van der Waals surface area contributed by atoms with Crippen molar-refractivity contribution in [2.45, 2.75) is 13.3 Å². The van der Waals surface area contributed by atoms with E-state index in [1.807, 2.05) is 31.2 Å². The van der Waals surface area contributed by atoms with E-state index in [-0.39, 0.29) is 6.42 Å². The molecule has 0 aliphatic rings. The molecule has 0 N–H and O–H groups in total. The number of carboxylic acid groups (broad SMARTS) is 1. The van der Waals surface area contributed by atoms with Crippen LogP contribution in [-0.2, 0) is 4.79 Å². The number of carbonyl (C=O) groups excluding carboxylic acids is 1. The molecule has 0 aliphatic carbocycles. The highest BCUT2D eigenvalue weighted by molar-refractivity contribution is 7.80. The van der Waals surface area contributed by atoms with E-state index in [0.717, 1.165) is 11.1 Å². The molecule has 1 aromatic carbocycles. The van der Waals surface area contributed by atoms with E-state index < -0.39 is 5.97 Å². The van der Waals surface area contributed by atoms with Crippen molar-refractivity contribution in [1.29, 1.82) is 0 Å². The Labute approximate surface area is 82.2 Å². The summed E-state index contributed by atoms with van der Waals surface area (Å²) in [7, 11) is 0. The lowest BCUT2D eigenvalue weighted by Gasteiger charge is -2.04. The summed E-state index contributed by atoms with van der Waals surface area (Å²) in [6.45, 7) is 1.96. The maximum Gasteiger partial charge on any atom is 0.0466 e. The number of hydrogen-bond acceptors (Lipinski definition) is 3. The number of aryl methyl sites for hydroxylation is 1. The van der Waals surface area contributed by atoms with Gasteiger partial charge < -0.3 is 9.90 Å². The Kier molecular flexibility index (Phi) is 3.14. The van der Waals surface area contributed by atoms with E-state index in [1.54, 1.807) is 0 Å². The second-order valence-corrected chi connectivity index (χ2v) is 3.33. The third-order valence-electron chi connectivity index (χ3n) is 1.68. The van der Waals surface area contributed by atoms with E-state index in [1.165, 1.54) is 0 Å². The fourth-order valence-corrected chi connectivity index (χ4v) is 1.23. The summed E-state index contributed by atoms with van der Waals surface area (Å²) in [4.78, 5) is 10.7. The van der Waals surface area contributed by atoms with Crippen LogP contribution in [0.1, 0.15) is 17.5 Å². The van der Waals surface area contributed by atoms with E-state index in [4.69, 9.17) is 12.2 Å². The Bertz CT molecular complexity index is 327. The van der Waals surface area contributed by atoms with E-state index in [2.05, 4.69) is 0 Å². The normalized spacial score (nSPS) is 9.62. The van der Waals surface area contributed by atoms with Gasteiger partial charge >= 0.3 is 0 Å². The van der Waals surface area contributed by atoms with Crippen molar-refractivity contribution >= 4 is 23.1 Å². The highest BCUT2D eigenvalue weighted by Gasteiger charge is 2.00. The van der Waals surface area contributed by atoms with E-state index in [9.17, 15) is 9.90 Å². The van der Waals surface area contributed by atoms with Gasteiger partial charge in [-0.05, 0) is 12.5 Å². The van der Waals surface area contributed by atoms with Crippen LogP contribution in [0.5, 0.6) is 0 Å². The van der Waals surface area contributed by atoms with Crippen LogP contribution in [-0.4, -0.2) is 10.8 Å². The van der Waals surface area contributed by atoms with Crippen molar-refractivity contribution in [2.75, 3.05) is 0 Å². The van der Waals surface area contributed by atoms with Crippen LogP contribution in [0.4, 0.5) is 0 Å². The quantitative estimate of drug-likeness (QED) is 0.528. The Morgan fingerprint density at radius 2 is 1.92 bits per heavy atom. The average molecular weight is 193 g/mol. The zero-order valence-corrected chi connectivity index (χ0v) is 8.06. The Hall–Kier alpha value is -1.22. The second kappa shape index (κ2) is 4.14. The van der Waals surface area contributed by atoms with Crippen molar-refractivity contribution in [3.05, 3.63) is 35.4 Å². The van der Waals surface area contributed by atoms with Gasteiger partial charge in [-0.3, -0.25) is 0 Å². The Morgan fingerprint density at radius 1 is 1.38 bits per heavy atom. The van der Waals surface area contributed by atoms with Crippen LogP contribution in [0.3, 0.4) is 0 Å². The molecule has 0 bridgehead atoms. The smallest absolute Gasteiger partial charge is 0.0466 e. The van der Waals surface area contributed by atoms with Gasteiger partial charge in [-0.15, -0.1) is 0 Å². The number of carbonyl (C=O) groups is 1. The maximum absolute atomic E-state index is 10.3. The molecule has 0 amide bonds. The van der Waals surface area contributed by atoms with Gasteiger partial charge in [-0.25, -0.2) is 0 Å². The monoisotopic (exact) mass is 193 g/mol. The minimum absolute atomic E-state index is 0.182. The molecule has 0 heterocycles. The highest BCUT2D eigenvalue weighted by atomic mass is 32.1. The first-order chi connectivity index (χ1) is 6.09.